The fourth-order valence-corrected chi connectivity index (χ4v) is 3.65. The van der Waals surface area contributed by atoms with E-state index in [0.29, 0.717) is 5.56 Å². The van der Waals surface area contributed by atoms with Gasteiger partial charge in [0.1, 0.15) is 11.8 Å². The summed E-state index contributed by atoms with van der Waals surface area (Å²) in [6, 6.07) is 11.4. The van der Waals surface area contributed by atoms with Crippen LogP contribution in [0.15, 0.2) is 82.9 Å². The fraction of sp³-hybridized carbons (Fsp3) is 0.208. The van der Waals surface area contributed by atoms with Crippen LogP contribution in [0.5, 0.6) is 0 Å². The number of nitrogens with one attached hydrogen (secondary N) is 1. The van der Waals surface area contributed by atoms with Gasteiger partial charge in [-0.25, -0.2) is 4.99 Å². The number of piperazine rings is 1. The molecular formula is C24H21N6O+. The Labute approximate surface area is 180 Å². The molecule has 7 nitrogen and oxygen atoms in total. The molecule has 1 aromatic carbocycles. The smallest absolute Gasteiger partial charge is 0.312 e. The fourth-order valence-electron chi connectivity index (χ4n) is 3.65. The van der Waals surface area contributed by atoms with Crippen LogP contribution in [0.3, 0.4) is 0 Å². The minimum atomic E-state index is -0.267. The molecule has 0 aliphatic carbocycles. The number of rotatable bonds is 2. The van der Waals surface area contributed by atoms with Gasteiger partial charge in [0.25, 0.3) is 5.91 Å². The number of carbonyl (C=O) groups excluding carboxylic acids is 1. The van der Waals surface area contributed by atoms with Gasteiger partial charge in [-0.15, -0.1) is 0 Å². The first-order valence-corrected chi connectivity index (χ1v) is 10.3. The molecule has 1 aromatic heterocycles. The van der Waals surface area contributed by atoms with Crippen LogP contribution in [0.2, 0.25) is 0 Å². The zero-order valence-corrected chi connectivity index (χ0v) is 16.9. The molecular weight excluding hydrogens is 388 g/mol. The molecule has 1 saturated heterocycles. The average Bonchev–Trinajstić information content (AvgIpc) is 3.26. The van der Waals surface area contributed by atoms with Gasteiger partial charge in [0, 0.05) is 61.3 Å². The maximum absolute atomic E-state index is 12.7. The molecule has 3 aliphatic rings. The predicted molar refractivity (Wildman–Crippen MR) is 117 cm³/mol. The van der Waals surface area contributed by atoms with Gasteiger partial charge in [0.15, 0.2) is 0 Å². The number of azo groups is 2. The highest BCUT2D eigenvalue weighted by Crippen LogP contribution is 2.22. The normalized spacial score (nSPS) is 19.5. The zero-order valence-electron chi connectivity index (χ0n) is 16.9. The second-order valence-corrected chi connectivity index (χ2v) is 7.39. The van der Waals surface area contributed by atoms with Crippen molar-refractivity contribution in [3.05, 3.63) is 89.5 Å². The first-order chi connectivity index (χ1) is 15.3. The molecule has 1 atom stereocenters. The lowest BCUT2D eigenvalue weighted by Gasteiger charge is -2.27. The van der Waals surface area contributed by atoms with Crippen molar-refractivity contribution in [2.75, 3.05) is 26.2 Å². The summed E-state index contributed by atoms with van der Waals surface area (Å²) in [7, 11) is 0. The summed E-state index contributed by atoms with van der Waals surface area (Å²) >= 11 is 0. The Morgan fingerprint density at radius 1 is 1.06 bits per heavy atom. The summed E-state index contributed by atoms with van der Waals surface area (Å²) in [6.45, 7) is 3.17. The van der Waals surface area contributed by atoms with Crippen LogP contribution in [0.4, 0.5) is 0 Å². The highest BCUT2D eigenvalue weighted by molar-refractivity contribution is 6.09. The highest BCUT2D eigenvalue weighted by atomic mass is 16.2. The van der Waals surface area contributed by atoms with E-state index in [4.69, 9.17) is 4.99 Å². The van der Waals surface area contributed by atoms with Gasteiger partial charge >= 0.3 is 6.17 Å². The predicted octanol–water partition coefficient (Wildman–Crippen LogP) is 2.18. The molecule has 2 aromatic rings. The molecule has 3 aliphatic heterocycles. The first kappa shape index (κ1) is 19.1. The topological polar surface area (TPSA) is 73.0 Å². The van der Waals surface area contributed by atoms with E-state index in [1.54, 1.807) is 23.3 Å². The third-order valence-electron chi connectivity index (χ3n) is 5.37. The third kappa shape index (κ3) is 4.06. The summed E-state index contributed by atoms with van der Waals surface area (Å²) in [5.74, 6) is 6.40. The van der Waals surface area contributed by atoms with E-state index in [9.17, 15) is 4.79 Å². The summed E-state index contributed by atoms with van der Waals surface area (Å²) in [5, 5.41) is 7.64. The van der Waals surface area contributed by atoms with Crippen molar-refractivity contribution in [3.63, 3.8) is 0 Å². The molecule has 0 saturated carbocycles. The number of amides is 1. The van der Waals surface area contributed by atoms with Gasteiger partial charge in [0.05, 0.1) is 5.71 Å². The summed E-state index contributed by atoms with van der Waals surface area (Å²) < 4.78 is 1.79. The average molecular weight is 409 g/mol. The third-order valence-corrected chi connectivity index (χ3v) is 5.37. The number of hydrogen-bond acceptors (Lipinski definition) is 5. The van der Waals surface area contributed by atoms with Crippen molar-refractivity contribution >= 4 is 11.6 Å². The first-order valence-electron chi connectivity index (χ1n) is 10.3. The maximum Gasteiger partial charge on any atom is 0.312 e. The second-order valence-electron chi connectivity index (χ2n) is 7.39. The van der Waals surface area contributed by atoms with E-state index >= 15 is 0 Å². The van der Waals surface area contributed by atoms with Gasteiger partial charge in [-0.1, -0.05) is 28.7 Å². The molecule has 1 fully saturated rings. The highest BCUT2D eigenvalue weighted by Gasteiger charge is 2.32. The molecule has 0 bridgehead atoms. The van der Waals surface area contributed by atoms with Crippen molar-refractivity contribution < 1.29 is 9.49 Å². The van der Waals surface area contributed by atoms with Crippen molar-refractivity contribution in [2.45, 2.75) is 6.17 Å². The lowest BCUT2D eigenvalue weighted by atomic mass is 10.0. The van der Waals surface area contributed by atoms with E-state index in [0.717, 1.165) is 48.6 Å². The van der Waals surface area contributed by atoms with Crippen LogP contribution in [0.25, 0.3) is 0 Å². The van der Waals surface area contributed by atoms with E-state index < -0.39 is 0 Å². The standard InChI is InChI=1S/C24H21N6O/c31-24(29-15-12-26-13-16-29)20-5-3-19(4-6-20)22-9-14-30-23(28-22)21(17-27-30)2-1-18-7-10-25-11-8-18/h3-11,14,17,23,26H,12-13,15-16H2/q+1. The van der Waals surface area contributed by atoms with Crippen molar-refractivity contribution in [1.29, 1.82) is 0 Å². The van der Waals surface area contributed by atoms with Gasteiger partial charge in [0.2, 0.25) is 6.20 Å². The van der Waals surface area contributed by atoms with Crippen LogP contribution in [-0.4, -0.2) is 58.5 Å². The summed E-state index contributed by atoms with van der Waals surface area (Å²) in [5.41, 5.74) is 4.24. The largest absolute Gasteiger partial charge is 0.336 e. The molecule has 5 rings (SSSR count). The summed E-state index contributed by atoms with van der Waals surface area (Å²) in [4.78, 5) is 23.4. The van der Waals surface area contributed by atoms with Crippen LogP contribution < -0.4 is 5.32 Å². The molecule has 31 heavy (non-hydrogen) atoms. The number of benzene rings is 1. The van der Waals surface area contributed by atoms with Gasteiger partial charge in [-0.3, -0.25) is 9.78 Å². The van der Waals surface area contributed by atoms with Gasteiger partial charge in [-0.05, 0) is 29.4 Å². The van der Waals surface area contributed by atoms with Crippen LogP contribution in [0, 0.1) is 11.8 Å². The van der Waals surface area contributed by atoms with Crippen LogP contribution in [0.1, 0.15) is 21.5 Å². The van der Waals surface area contributed by atoms with Crippen LogP contribution in [-0.2, 0) is 0 Å². The zero-order chi connectivity index (χ0) is 21.0. The number of pyridine rings is 1. The SMILES string of the molecule is O=C(c1ccc(C2=NC3C(C#Cc4ccncc4)=CN=[N+]3C=C2)cc1)N1CCNCC1. The molecule has 0 radical (unpaired) electrons. The lowest BCUT2D eigenvalue weighted by Crippen LogP contribution is -2.46. The number of allylic oxidation sites excluding steroid dienone is 1. The Morgan fingerprint density at radius 2 is 1.84 bits per heavy atom. The van der Waals surface area contributed by atoms with Gasteiger partial charge in [-0.2, -0.15) is 0 Å². The van der Waals surface area contributed by atoms with Crippen molar-refractivity contribution in [1.82, 2.24) is 15.2 Å². The number of aromatic nitrogens is 1. The molecule has 1 unspecified atom stereocenters. The number of nitrogens with zero attached hydrogens (tertiary/aromatic N) is 5. The Bertz CT molecular complexity index is 1180. The Kier molecular flexibility index (Phi) is 5.21. The minimum Gasteiger partial charge on any atom is -0.336 e. The molecule has 4 heterocycles. The number of carbonyl (C=O) groups is 1. The van der Waals surface area contributed by atoms with Crippen LogP contribution >= 0.6 is 0 Å². The number of aliphatic imine (C=N–C) groups is 1. The van der Waals surface area contributed by atoms with E-state index in [-0.39, 0.29) is 12.1 Å². The van der Waals surface area contributed by atoms with Crippen molar-refractivity contribution in [2.24, 2.45) is 10.1 Å². The minimum absolute atomic E-state index is 0.0755. The molecule has 1 amide bonds. The van der Waals surface area contributed by atoms with E-state index in [1.807, 2.05) is 53.6 Å². The van der Waals surface area contributed by atoms with E-state index in [1.165, 1.54) is 0 Å². The monoisotopic (exact) mass is 409 g/mol. The Hall–Kier alpha value is -3.89. The molecule has 0 spiro atoms. The molecule has 7 heteroatoms. The Balaban J connectivity index is 1.33. The quantitative estimate of drug-likeness (QED) is 0.610. The van der Waals surface area contributed by atoms with Crippen molar-refractivity contribution in [3.8, 4) is 11.8 Å². The summed E-state index contributed by atoms with van der Waals surface area (Å²) in [6.07, 6.45) is 8.77. The lowest BCUT2D eigenvalue weighted by molar-refractivity contribution is -0.546. The number of fused-ring (bicyclic) bond motifs is 1. The molecule has 1 N–H and O–H groups in total. The number of hydrogen-bond donors (Lipinski definition) is 1. The molecule has 152 valence electrons. The van der Waals surface area contributed by atoms with E-state index in [2.05, 4.69) is 27.3 Å². The maximum atomic E-state index is 12.7. The van der Waals surface area contributed by atoms with Gasteiger partial charge < -0.3 is 10.2 Å². The Morgan fingerprint density at radius 3 is 2.61 bits per heavy atom. The second kappa shape index (κ2) is 8.46.